The number of halogens is 3. The second kappa shape index (κ2) is 12.3. The van der Waals surface area contributed by atoms with E-state index in [1.54, 1.807) is 30.3 Å². The molecule has 0 heterocycles. The fourth-order valence-corrected chi connectivity index (χ4v) is 2.89. The second-order valence-electron chi connectivity index (χ2n) is 6.62. The van der Waals surface area contributed by atoms with Crippen LogP contribution in [0.1, 0.15) is 6.92 Å². The molecule has 8 heteroatoms. The maximum atomic E-state index is 12.0. The van der Waals surface area contributed by atoms with Crippen molar-refractivity contribution in [3.05, 3.63) is 102 Å². The third kappa shape index (κ3) is 8.43. The number of hydrogen-bond donors (Lipinski definition) is 3. The van der Waals surface area contributed by atoms with Crippen molar-refractivity contribution in [3.8, 4) is 0 Å². The number of anilines is 1. The lowest BCUT2D eigenvalue weighted by Gasteiger charge is -2.16. The lowest BCUT2D eigenvalue weighted by atomic mass is 9.64. The summed E-state index contributed by atoms with van der Waals surface area (Å²) >= 11 is 16.7. The molecule has 0 saturated heterocycles. The van der Waals surface area contributed by atoms with E-state index in [4.69, 9.17) is 40.2 Å². The van der Waals surface area contributed by atoms with E-state index in [2.05, 4.69) is 61.1 Å². The number of hydrogen-bond acceptors (Lipinski definition) is 3. The molecule has 163 valence electrons. The lowest BCUT2D eigenvalue weighted by molar-refractivity contribution is -0.112. The number of rotatable bonds is 5. The SMILES string of the molecule is CC(O)=C(C(=N)C(Cl)(Cl)Cl)C(=O)Nc1ccccc1.[B](c1ccccc1)c1ccccc1. The Labute approximate surface area is 203 Å². The van der Waals surface area contributed by atoms with Gasteiger partial charge in [-0.25, -0.2) is 0 Å². The Hall–Kier alpha value is -2.73. The largest absolute Gasteiger partial charge is 0.512 e. The molecule has 0 spiro atoms. The van der Waals surface area contributed by atoms with Crippen LogP contribution < -0.4 is 16.2 Å². The molecule has 3 rings (SSSR count). The predicted molar refractivity (Wildman–Crippen MR) is 136 cm³/mol. The average Bonchev–Trinajstić information content (AvgIpc) is 2.75. The third-order valence-electron chi connectivity index (χ3n) is 4.09. The minimum absolute atomic E-state index is 0.371. The van der Waals surface area contributed by atoms with Gasteiger partial charge in [-0.15, -0.1) is 0 Å². The Morgan fingerprint density at radius 2 is 1.25 bits per heavy atom. The normalized spacial score (nSPS) is 11.4. The van der Waals surface area contributed by atoms with Crippen LogP contribution in [0, 0.1) is 5.41 Å². The van der Waals surface area contributed by atoms with E-state index in [1.165, 1.54) is 17.8 Å². The van der Waals surface area contributed by atoms with Crippen molar-refractivity contribution < 1.29 is 9.90 Å². The topological polar surface area (TPSA) is 73.2 Å². The highest BCUT2D eigenvalue weighted by Gasteiger charge is 2.34. The Bertz CT molecular complexity index is 1010. The molecule has 3 aromatic rings. The quantitative estimate of drug-likeness (QED) is 0.153. The van der Waals surface area contributed by atoms with E-state index in [0.717, 1.165) is 0 Å². The van der Waals surface area contributed by atoms with Gasteiger partial charge in [0.25, 0.3) is 5.91 Å². The van der Waals surface area contributed by atoms with E-state index in [1.807, 2.05) is 12.1 Å². The van der Waals surface area contributed by atoms with Crippen LogP contribution in [0.15, 0.2) is 102 Å². The first kappa shape index (κ1) is 25.5. The number of aliphatic hydroxyl groups excluding tert-OH is 1. The van der Waals surface area contributed by atoms with E-state index in [0.29, 0.717) is 5.69 Å². The second-order valence-corrected chi connectivity index (χ2v) is 8.90. The van der Waals surface area contributed by atoms with Gasteiger partial charge < -0.3 is 10.4 Å². The van der Waals surface area contributed by atoms with Crippen LogP contribution in [0.2, 0.25) is 0 Å². The molecule has 4 nitrogen and oxygen atoms in total. The number of alkyl halides is 3. The fourth-order valence-electron chi connectivity index (χ4n) is 2.61. The number of carbonyl (C=O) groups excluding carboxylic acids is 1. The Balaban J connectivity index is 0.000000242. The molecule has 1 amide bonds. The van der Waals surface area contributed by atoms with Crippen LogP contribution in [0.4, 0.5) is 5.69 Å². The van der Waals surface area contributed by atoms with Crippen molar-refractivity contribution in [2.45, 2.75) is 10.7 Å². The molecule has 0 aromatic heterocycles. The number of benzene rings is 3. The minimum atomic E-state index is -2.09. The Morgan fingerprint density at radius 3 is 1.62 bits per heavy atom. The van der Waals surface area contributed by atoms with Crippen molar-refractivity contribution in [3.63, 3.8) is 0 Å². The van der Waals surface area contributed by atoms with Gasteiger partial charge in [0.15, 0.2) is 7.28 Å². The highest BCUT2D eigenvalue weighted by atomic mass is 35.6. The summed E-state index contributed by atoms with van der Waals surface area (Å²) in [4.78, 5) is 12.0. The van der Waals surface area contributed by atoms with Gasteiger partial charge in [0.1, 0.15) is 11.3 Å². The molecule has 0 fully saturated rings. The number of nitrogens with one attached hydrogen (secondary N) is 2. The molecular formula is C24H21BCl3N2O2. The van der Waals surface area contributed by atoms with Crippen LogP contribution >= 0.6 is 34.8 Å². The van der Waals surface area contributed by atoms with Gasteiger partial charge in [-0.05, 0) is 19.1 Å². The molecule has 0 atom stereocenters. The monoisotopic (exact) mass is 485 g/mol. The van der Waals surface area contributed by atoms with Gasteiger partial charge in [0.2, 0.25) is 3.79 Å². The number of amides is 1. The molecule has 3 N–H and O–H groups in total. The molecule has 0 aliphatic heterocycles. The van der Waals surface area contributed by atoms with Crippen molar-refractivity contribution in [1.29, 1.82) is 5.41 Å². The van der Waals surface area contributed by atoms with Crippen LogP contribution in [0.25, 0.3) is 0 Å². The highest BCUT2D eigenvalue weighted by molar-refractivity contribution is 6.78. The van der Waals surface area contributed by atoms with E-state index in [-0.39, 0.29) is 5.57 Å². The Morgan fingerprint density at radius 1 is 0.844 bits per heavy atom. The summed E-state index contributed by atoms with van der Waals surface area (Å²) in [5.74, 6) is -1.12. The summed E-state index contributed by atoms with van der Waals surface area (Å²) in [6.45, 7) is 1.24. The molecule has 0 unspecified atom stereocenters. The van der Waals surface area contributed by atoms with Gasteiger partial charge in [-0.3, -0.25) is 10.2 Å². The summed E-state index contributed by atoms with van der Waals surface area (Å²) < 4.78 is -2.09. The van der Waals surface area contributed by atoms with E-state index < -0.39 is 21.2 Å². The first-order valence-electron chi connectivity index (χ1n) is 9.55. The zero-order chi connectivity index (χ0) is 23.6. The molecule has 32 heavy (non-hydrogen) atoms. The minimum Gasteiger partial charge on any atom is -0.512 e. The van der Waals surface area contributed by atoms with Crippen LogP contribution in [-0.4, -0.2) is 27.8 Å². The lowest BCUT2D eigenvalue weighted by Crippen LogP contribution is -2.29. The zero-order valence-corrected chi connectivity index (χ0v) is 19.5. The fraction of sp³-hybridized carbons (Fsp3) is 0.0833. The number of aliphatic hydroxyl groups is 1. The molecule has 3 aromatic carbocycles. The molecule has 1 radical (unpaired) electrons. The smallest absolute Gasteiger partial charge is 0.261 e. The summed E-state index contributed by atoms with van der Waals surface area (Å²) in [5, 5.41) is 19.6. The van der Waals surface area contributed by atoms with Gasteiger partial charge in [-0.1, -0.05) is 125 Å². The van der Waals surface area contributed by atoms with Crippen LogP contribution in [-0.2, 0) is 4.79 Å². The van der Waals surface area contributed by atoms with Crippen LogP contribution in [0.5, 0.6) is 0 Å². The summed E-state index contributed by atoms with van der Waals surface area (Å²) in [6, 6.07) is 29.2. The van der Waals surface area contributed by atoms with E-state index >= 15 is 0 Å². The first-order valence-corrected chi connectivity index (χ1v) is 10.7. The number of carbonyl (C=O) groups is 1. The van der Waals surface area contributed by atoms with Crippen molar-refractivity contribution >= 4 is 70.3 Å². The zero-order valence-electron chi connectivity index (χ0n) is 17.2. The standard InChI is InChI=1S/C12H10B.C12H11Cl3N2O2/c1-3-7-11(8-4-1)13-12-9-5-2-6-10-12;1-7(18)9(10(16)12(13,14)15)11(19)17-8-5-3-2-4-6-8/h1-10H;2-6,16,18H,1H3,(H,17,19). The summed E-state index contributed by atoms with van der Waals surface area (Å²) in [5.41, 5.74) is 2.03. The van der Waals surface area contributed by atoms with Crippen molar-refractivity contribution in [1.82, 2.24) is 0 Å². The molecule has 0 bridgehead atoms. The maximum Gasteiger partial charge on any atom is 0.261 e. The van der Waals surface area contributed by atoms with Gasteiger partial charge >= 0.3 is 0 Å². The number of para-hydroxylation sites is 1. The summed E-state index contributed by atoms with van der Waals surface area (Å²) in [7, 11) is 2.17. The number of allylic oxidation sites excluding steroid dienone is 1. The predicted octanol–water partition coefficient (Wildman–Crippen LogP) is 5.19. The summed E-state index contributed by atoms with van der Waals surface area (Å²) in [6.07, 6.45) is 0. The van der Waals surface area contributed by atoms with Crippen molar-refractivity contribution in [2.75, 3.05) is 5.32 Å². The third-order valence-corrected chi connectivity index (χ3v) is 4.65. The first-order chi connectivity index (χ1) is 15.2. The maximum absolute atomic E-state index is 12.0. The van der Waals surface area contributed by atoms with Gasteiger partial charge in [0.05, 0.1) is 5.71 Å². The molecule has 0 aliphatic carbocycles. The highest BCUT2D eigenvalue weighted by Crippen LogP contribution is 2.31. The molecule has 0 saturated carbocycles. The average molecular weight is 487 g/mol. The van der Waals surface area contributed by atoms with Gasteiger partial charge in [-0.2, -0.15) is 0 Å². The van der Waals surface area contributed by atoms with Gasteiger partial charge in [0, 0.05) is 5.69 Å². The van der Waals surface area contributed by atoms with Crippen molar-refractivity contribution in [2.24, 2.45) is 0 Å². The van der Waals surface area contributed by atoms with E-state index in [9.17, 15) is 9.90 Å². The Kier molecular flexibility index (Phi) is 9.85. The molecular weight excluding hydrogens is 465 g/mol. The molecule has 0 aliphatic rings. The van der Waals surface area contributed by atoms with Crippen LogP contribution in [0.3, 0.4) is 0 Å².